The van der Waals surface area contributed by atoms with Crippen molar-refractivity contribution in [2.45, 2.75) is 73.1 Å². The van der Waals surface area contributed by atoms with Gasteiger partial charge in [0.2, 0.25) is 0 Å². The molecule has 0 spiro atoms. The van der Waals surface area contributed by atoms with Gasteiger partial charge in [-0.2, -0.15) is 0 Å². The Morgan fingerprint density at radius 3 is 1.38 bits per heavy atom. The van der Waals surface area contributed by atoms with E-state index in [9.17, 15) is 19.2 Å². The maximum Gasteiger partial charge on any atom is 0.144 e. The molecule has 0 aromatic heterocycles. The Morgan fingerprint density at radius 2 is 1.06 bits per heavy atom. The summed E-state index contributed by atoms with van der Waals surface area (Å²) in [5.41, 5.74) is 1.01. The van der Waals surface area contributed by atoms with Crippen molar-refractivity contribution in [2.24, 2.45) is 22.7 Å². The van der Waals surface area contributed by atoms with Crippen LogP contribution in [0, 0.1) is 22.7 Å². The third kappa shape index (κ3) is 4.87. The van der Waals surface area contributed by atoms with E-state index < -0.39 is 17.8 Å². The van der Waals surface area contributed by atoms with Crippen LogP contribution >= 0.6 is 0 Å². The van der Waals surface area contributed by atoms with Gasteiger partial charge in [0, 0.05) is 50.4 Å². The van der Waals surface area contributed by atoms with Gasteiger partial charge < -0.3 is 4.90 Å². The number of anilines is 1. The SMILES string of the molecule is CCN(CC)c1ccc(C(C2C(=O)CC(C)(C)CC2=O)C2C(=O)CC(C)(C)CC2=O)cc1. The minimum atomic E-state index is -0.929. The maximum atomic E-state index is 13.2. The van der Waals surface area contributed by atoms with Crippen molar-refractivity contribution >= 4 is 28.8 Å². The van der Waals surface area contributed by atoms with Crippen LogP contribution in [0.1, 0.15) is 78.7 Å². The van der Waals surface area contributed by atoms with Crippen molar-refractivity contribution in [3.63, 3.8) is 0 Å². The second-order valence-corrected chi connectivity index (χ2v) is 11.1. The Labute approximate surface area is 191 Å². The zero-order valence-corrected chi connectivity index (χ0v) is 20.4. The van der Waals surface area contributed by atoms with Crippen molar-refractivity contribution in [2.75, 3.05) is 18.0 Å². The molecule has 2 saturated carbocycles. The minimum Gasteiger partial charge on any atom is -0.372 e. The number of hydrogen-bond donors (Lipinski definition) is 0. The molecule has 2 aliphatic carbocycles. The van der Waals surface area contributed by atoms with E-state index in [1.165, 1.54) is 0 Å². The largest absolute Gasteiger partial charge is 0.372 e. The van der Waals surface area contributed by atoms with Gasteiger partial charge in [0.15, 0.2) is 0 Å². The summed E-state index contributed by atoms with van der Waals surface area (Å²) >= 11 is 0. The summed E-state index contributed by atoms with van der Waals surface area (Å²) < 4.78 is 0. The monoisotopic (exact) mass is 439 g/mol. The summed E-state index contributed by atoms with van der Waals surface area (Å²) in [7, 11) is 0. The second kappa shape index (κ2) is 8.92. The van der Waals surface area contributed by atoms with Gasteiger partial charge in [-0.25, -0.2) is 0 Å². The molecule has 2 aliphatic rings. The van der Waals surface area contributed by atoms with E-state index in [1.807, 2.05) is 52.0 Å². The predicted octanol–water partition coefficient (Wildman–Crippen LogP) is 4.77. The highest BCUT2D eigenvalue weighted by Gasteiger charge is 2.52. The third-order valence-corrected chi connectivity index (χ3v) is 7.12. The van der Waals surface area contributed by atoms with E-state index in [2.05, 4.69) is 18.7 Å². The molecule has 0 radical (unpaired) electrons. The molecule has 174 valence electrons. The maximum absolute atomic E-state index is 13.2. The molecule has 0 aliphatic heterocycles. The number of hydrogen-bond acceptors (Lipinski definition) is 5. The fourth-order valence-corrected chi connectivity index (χ4v) is 5.69. The van der Waals surface area contributed by atoms with E-state index in [4.69, 9.17) is 0 Å². The van der Waals surface area contributed by atoms with Gasteiger partial charge in [-0.3, -0.25) is 19.2 Å². The van der Waals surface area contributed by atoms with Crippen LogP contribution in [0.3, 0.4) is 0 Å². The normalized spacial score (nSPS) is 22.0. The molecule has 0 N–H and O–H groups in total. The van der Waals surface area contributed by atoms with Gasteiger partial charge in [0.25, 0.3) is 0 Å². The first-order valence-corrected chi connectivity index (χ1v) is 11.8. The number of nitrogens with zero attached hydrogens (tertiary/aromatic N) is 1. The van der Waals surface area contributed by atoms with Gasteiger partial charge in [-0.1, -0.05) is 39.8 Å². The first-order valence-electron chi connectivity index (χ1n) is 11.8. The third-order valence-electron chi connectivity index (χ3n) is 7.12. The summed E-state index contributed by atoms with van der Waals surface area (Å²) in [5, 5.41) is 0. The minimum absolute atomic E-state index is 0.144. The molecule has 2 fully saturated rings. The number of carbonyl (C=O) groups excluding carboxylic acids is 4. The highest BCUT2D eigenvalue weighted by molar-refractivity contribution is 6.11. The lowest BCUT2D eigenvalue weighted by molar-refractivity contribution is -0.145. The summed E-state index contributed by atoms with van der Waals surface area (Å²) in [6.45, 7) is 13.6. The van der Waals surface area contributed by atoms with E-state index in [0.29, 0.717) is 0 Å². The van der Waals surface area contributed by atoms with Crippen LogP contribution in [-0.2, 0) is 19.2 Å². The fraction of sp³-hybridized carbons (Fsp3) is 0.630. The Balaban J connectivity index is 2.06. The first kappa shape index (κ1) is 24.3. The molecular formula is C27H37NO4. The Kier molecular flexibility index (Phi) is 6.78. The molecule has 32 heavy (non-hydrogen) atoms. The Bertz CT molecular complexity index is 820. The average molecular weight is 440 g/mol. The molecule has 0 amide bonds. The molecule has 0 saturated heterocycles. The number of Topliss-reactive ketones (excluding diaryl/α,β-unsaturated/α-hetero) is 4. The molecule has 3 rings (SSSR count). The lowest BCUT2D eigenvalue weighted by Gasteiger charge is -2.41. The summed E-state index contributed by atoms with van der Waals surface area (Å²) in [6.07, 6.45) is 1.16. The van der Waals surface area contributed by atoms with Crippen LogP contribution in [0.15, 0.2) is 24.3 Å². The smallest absolute Gasteiger partial charge is 0.144 e. The van der Waals surface area contributed by atoms with Gasteiger partial charge in [0.1, 0.15) is 23.1 Å². The van der Waals surface area contributed by atoms with E-state index in [0.717, 1.165) is 24.3 Å². The molecule has 5 nitrogen and oxygen atoms in total. The molecule has 0 bridgehead atoms. The van der Waals surface area contributed by atoms with Crippen LogP contribution in [0.4, 0.5) is 5.69 Å². The number of ketones is 4. The topological polar surface area (TPSA) is 71.5 Å². The summed E-state index contributed by atoms with van der Waals surface area (Å²) in [5.74, 6) is -3.15. The summed E-state index contributed by atoms with van der Waals surface area (Å²) in [4.78, 5) is 55.1. The van der Waals surface area contributed by atoms with Crippen molar-refractivity contribution in [1.82, 2.24) is 0 Å². The molecular weight excluding hydrogens is 402 g/mol. The van der Waals surface area contributed by atoms with Crippen molar-refractivity contribution in [3.05, 3.63) is 29.8 Å². The Hall–Kier alpha value is -2.30. The fourth-order valence-electron chi connectivity index (χ4n) is 5.69. The molecule has 0 atom stereocenters. The van der Waals surface area contributed by atoms with Gasteiger partial charge >= 0.3 is 0 Å². The quantitative estimate of drug-likeness (QED) is 0.597. The summed E-state index contributed by atoms with van der Waals surface area (Å²) in [6, 6.07) is 7.75. The molecule has 5 heteroatoms. The molecule has 0 unspecified atom stereocenters. The number of benzene rings is 1. The van der Waals surface area contributed by atoms with Crippen LogP contribution in [-0.4, -0.2) is 36.2 Å². The lowest BCUT2D eigenvalue weighted by Crippen LogP contribution is -2.48. The lowest BCUT2D eigenvalue weighted by atomic mass is 9.59. The van der Waals surface area contributed by atoms with Crippen molar-refractivity contribution < 1.29 is 19.2 Å². The number of carbonyl (C=O) groups is 4. The van der Waals surface area contributed by atoms with Crippen LogP contribution < -0.4 is 4.90 Å². The van der Waals surface area contributed by atoms with Crippen LogP contribution in [0.5, 0.6) is 0 Å². The van der Waals surface area contributed by atoms with Gasteiger partial charge in [0.05, 0.1) is 11.8 Å². The van der Waals surface area contributed by atoms with Crippen LogP contribution in [0.25, 0.3) is 0 Å². The molecule has 0 heterocycles. The predicted molar refractivity (Wildman–Crippen MR) is 126 cm³/mol. The van der Waals surface area contributed by atoms with E-state index in [-0.39, 0.29) is 59.6 Å². The van der Waals surface area contributed by atoms with E-state index in [1.54, 1.807) is 0 Å². The first-order chi connectivity index (χ1) is 14.9. The van der Waals surface area contributed by atoms with Gasteiger partial charge in [-0.05, 0) is 42.4 Å². The molecule has 1 aromatic rings. The van der Waals surface area contributed by atoms with E-state index >= 15 is 0 Å². The van der Waals surface area contributed by atoms with Gasteiger partial charge in [-0.15, -0.1) is 0 Å². The molecule has 1 aromatic carbocycles. The highest BCUT2D eigenvalue weighted by Crippen LogP contribution is 2.47. The average Bonchev–Trinajstić information content (AvgIpc) is 2.65. The Morgan fingerprint density at radius 1 is 0.719 bits per heavy atom. The zero-order chi connectivity index (χ0) is 23.8. The standard InChI is InChI=1S/C27H37NO4/c1-7-28(8-2)18-11-9-17(10-12-18)23(24-19(29)13-26(3,4)14-20(24)30)25-21(31)15-27(5,6)16-22(25)32/h9-12,23-25H,7-8,13-16H2,1-6H3. The van der Waals surface area contributed by atoms with Crippen LogP contribution in [0.2, 0.25) is 0 Å². The van der Waals surface area contributed by atoms with Crippen molar-refractivity contribution in [3.8, 4) is 0 Å². The van der Waals surface area contributed by atoms with Crippen molar-refractivity contribution in [1.29, 1.82) is 0 Å². The highest BCUT2D eigenvalue weighted by atomic mass is 16.2. The second-order valence-electron chi connectivity index (χ2n) is 11.1. The zero-order valence-electron chi connectivity index (χ0n) is 20.4. The number of rotatable bonds is 6.